The van der Waals surface area contributed by atoms with E-state index in [1.54, 1.807) is 16.7 Å². The van der Waals surface area contributed by atoms with Crippen molar-refractivity contribution in [3.8, 4) is 5.88 Å². The smallest absolute Gasteiger partial charge is 0.334 e. The first-order valence-electron chi connectivity index (χ1n) is 8.03. The molecule has 0 atom stereocenters. The fourth-order valence-electron chi connectivity index (χ4n) is 3.79. The van der Waals surface area contributed by atoms with Crippen LogP contribution in [0.2, 0.25) is 5.02 Å². The second-order valence-electron chi connectivity index (χ2n) is 6.40. The van der Waals surface area contributed by atoms with E-state index in [1.165, 1.54) is 11.0 Å². The quantitative estimate of drug-likeness (QED) is 0.917. The number of halogens is 1. The molecule has 1 spiro atoms. The lowest BCUT2D eigenvalue weighted by atomic mass is 9.91. The highest BCUT2D eigenvalue weighted by Gasteiger charge is 2.44. The van der Waals surface area contributed by atoms with E-state index in [-0.39, 0.29) is 11.6 Å². The molecular formula is C17H19ClN2O3. The summed E-state index contributed by atoms with van der Waals surface area (Å²) in [4.78, 5) is 12.9. The predicted molar refractivity (Wildman–Crippen MR) is 86.8 cm³/mol. The second kappa shape index (κ2) is 5.42. The minimum Gasteiger partial charge on any atom is -0.493 e. The van der Waals surface area contributed by atoms with Crippen LogP contribution in [-0.2, 0) is 23.6 Å². The maximum atomic E-state index is 12.9. The van der Waals surface area contributed by atoms with Gasteiger partial charge in [-0.25, -0.2) is 4.79 Å². The first kappa shape index (κ1) is 14.8. The molecule has 2 aliphatic rings. The number of fused-ring (bicyclic) bond motifs is 2. The molecule has 0 radical (unpaired) electrons. The average molecular weight is 335 g/mol. The summed E-state index contributed by atoms with van der Waals surface area (Å²) in [5.74, 6) is 0.0207. The molecule has 1 aliphatic heterocycles. The number of benzene rings is 1. The van der Waals surface area contributed by atoms with Crippen molar-refractivity contribution in [3.05, 3.63) is 51.0 Å². The molecular weight excluding hydrogens is 316 g/mol. The highest BCUT2D eigenvalue weighted by Crippen LogP contribution is 2.42. The van der Waals surface area contributed by atoms with Gasteiger partial charge in [-0.05, 0) is 43.4 Å². The van der Waals surface area contributed by atoms with E-state index in [9.17, 15) is 9.90 Å². The van der Waals surface area contributed by atoms with Crippen LogP contribution in [0.3, 0.4) is 0 Å². The lowest BCUT2D eigenvalue weighted by Gasteiger charge is -2.33. The Bertz CT molecular complexity index is 785. The summed E-state index contributed by atoms with van der Waals surface area (Å²) < 4.78 is 9.07. The minimum atomic E-state index is -0.548. The Morgan fingerprint density at radius 1 is 1.17 bits per heavy atom. The van der Waals surface area contributed by atoms with Crippen molar-refractivity contribution in [2.24, 2.45) is 0 Å². The zero-order valence-electron chi connectivity index (χ0n) is 12.8. The molecule has 6 heteroatoms. The zero-order chi connectivity index (χ0) is 16.0. The predicted octanol–water partition coefficient (Wildman–Crippen LogP) is 3.20. The molecule has 1 aromatic heterocycles. The molecule has 1 aliphatic carbocycles. The fourth-order valence-corrected chi connectivity index (χ4v) is 3.91. The van der Waals surface area contributed by atoms with Gasteiger partial charge in [0.15, 0.2) is 0 Å². The Morgan fingerprint density at radius 2 is 1.87 bits per heavy atom. The van der Waals surface area contributed by atoms with Gasteiger partial charge in [0.2, 0.25) is 5.88 Å². The van der Waals surface area contributed by atoms with Gasteiger partial charge in [-0.2, -0.15) is 0 Å². The Balaban J connectivity index is 1.74. The van der Waals surface area contributed by atoms with E-state index in [2.05, 4.69) is 0 Å². The first-order chi connectivity index (χ1) is 11.1. The average Bonchev–Trinajstić information content (AvgIpc) is 3.03. The third-order valence-corrected chi connectivity index (χ3v) is 5.23. The second-order valence-corrected chi connectivity index (χ2v) is 6.83. The van der Waals surface area contributed by atoms with Crippen molar-refractivity contribution >= 4 is 11.6 Å². The molecule has 23 heavy (non-hydrogen) atoms. The van der Waals surface area contributed by atoms with Gasteiger partial charge in [0.05, 0.1) is 13.2 Å². The van der Waals surface area contributed by atoms with Gasteiger partial charge in [0.1, 0.15) is 11.4 Å². The van der Waals surface area contributed by atoms with Crippen molar-refractivity contribution < 1.29 is 9.84 Å². The summed E-state index contributed by atoms with van der Waals surface area (Å²) in [5, 5.41) is 11.1. The van der Waals surface area contributed by atoms with E-state index in [4.69, 9.17) is 16.3 Å². The van der Waals surface area contributed by atoms with E-state index in [1.807, 2.05) is 12.1 Å². The summed E-state index contributed by atoms with van der Waals surface area (Å²) in [6.07, 6.45) is 4.95. The molecule has 2 heterocycles. The van der Waals surface area contributed by atoms with Crippen LogP contribution in [0.5, 0.6) is 5.88 Å². The molecule has 1 saturated carbocycles. The largest absolute Gasteiger partial charge is 0.493 e. The van der Waals surface area contributed by atoms with Crippen molar-refractivity contribution in [2.45, 2.75) is 51.0 Å². The SMILES string of the molecule is O=c1n(Cc2ccc(Cl)cc2)c(O)c2n1C1(CCCCC1)OC2. The third kappa shape index (κ3) is 2.30. The van der Waals surface area contributed by atoms with Crippen LogP contribution in [-0.4, -0.2) is 14.2 Å². The molecule has 0 saturated heterocycles. The van der Waals surface area contributed by atoms with E-state index in [0.29, 0.717) is 23.9 Å². The number of rotatable bonds is 2. The van der Waals surface area contributed by atoms with Gasteiger partial charge < -0.3 is 9.84 Å². The molecule has 0 bridgehead atoms. The third-order valence-electron chi connectivity index (χ3n) is 4.98. The Kier molecular flexibility index (Phi) is 3.50. The standard InChI is InChI=1S/C17H19ClN2O3/c18-13-6-4-12(5-7-13)10-19-15(21)14-11-23-17(20(14)16(19)22)8-2-1-3-9-17/h4-7,21H,1-3,8-11H2. The number of hydrogen-bond donors (Lipinski definition) is 1. The van der Waals surface area contributed by atoms with E-state index < -0.39 is 5.72 Å². The molecule has 0 unspecified atom stereocenters. The lowest BCUT2D eigenvalue weighted by Crippen LogP contribution is -2.42. The Morgan fingerprint density at radius 3 is 2.57 bits per heavy atom. The summed E-state index contributed by atoms with van der Waals surface area (Å²) in [5.41, 5.74) is 0.792. The number of nitrogens with zero attached hydrogens (tertiary/aromatic N) is 2. The molecule has 122 valence electrons. The first-order valence-corrected chi connectivity index (χ1v) is 8.41. The Labute approximate surface area is 139 Å². The van der Waals surface area contributed by atoms with Crippen LogP contribution >= 0.6 is 11.6 Å². The molecule has 1 fully saturated rings. The van der Waals surface area contributed by atoms with Crippen LogP contribution < -0.4 is 5.69 Å². The molecule has 4 rings (SSSR count). The van der Waals surface area contributed by atoms with Gasteiger partial charge in [-0.15, -0.1) is 0 Å². The van der Waals surface area contributed by atoms with Crippen LogP contribution in [0.1, 0.15) is 43.4 Å². The molecule has 1 aromatic carbocycles. The van der Waals surface area contributed by atoms with Crippen molar-refractivity contribution in [3.63, 3.8) is 0 Å². The number of ether oxygens (including phenoxy) is 1. The summed E-state index contributed by atoms with van der Waals surface area (Å²) in [6, 6.07) is 7.30. The zero-order valence-corrected chi connectivity index (χ0v) is 13.6. The van der Waals surface area contributed by atoms with Crippen molar-refractivity contribution in [1.29, 1.82) is 0 Å². The van der Waals surface area contributed by atoms with Gasteiger partial charge in [0, 0.05) is 5.02 Å². The summed E-state index contributed by atoms with van der Waals surface area (Å²) in [7, 11) is 0. The van der Waals surface area contributed by atoms with Crippen LogP contribution in [0.25, 0.3) is 0 Å². The fraction of sp³-hybridized carbons (Fsp3) is 0.471. The number of imidazole rings is 1. The molecule has 1 N–H and O–H groups in total. The van der Waals surface area contributed by atoms with Gasteiger partial charge in [0.25, 0.3) is 0 Å². The monoisotopic (exact) mass is 334 g/mol. The van der Waals surface area contributed by atoms with Gasteiger partial charge in [-0.1, -0.05) is 30.2 Å². The van der Waals surface area contributed by atoms with Gasteiger partial charge >= 0.3 is 5.69 Å². The van der Waals surface area contributed by atoms with Crippen LogP contribution in [0.15, 0.2) is 29.1 Å². The molecule has 2 aromatic rings. The maximum Gasteiger partial charge on any atom is 0.334 e. The minimum absolute atomic E-state index is 0.0207. The summed E-state index contributed by atoms with van der Waals surface area (Å²) >= 11 is 5.90. The van der Waals surface area contributed by atoms with Crippen molar-refractivity contribution in [1.82, 2.24) is 9.13 Å². The number of aromatic nitrogens is 2. The topological polar surface area (TPSA) is 56.4 Å². The highest BCUT2D eigenvalue weighted by molar-refractivity contribution is 6.30. The summed E-state index contributed by atoms with van der Waals surface area (Å²) in [6.45, 7) is 0.632. The van der Waals surface area contributed by atoms with Crippen molar-refractivity contribution in [2.75, 3.05) is 0 Å². The maximum absolute atomic E-state index is 12.9. The molecule has 5 nitrogen and oxygen atoms in total. The number of aromatic hydroxyl groups is 1. The van der Waals surface area contributed by atoms with Crippen LogP contribution in [0.4, 0.5) is 0 Å². The Hall–Kier alpha value is -1.72. The van der Waals surface area contributed by atoms with Crippen LogP contribution in [0, 0.1) is 0 Å². The normalized spacial score (nSPS) is 19.2. The highest BCUT2D eigenvalue weighted by atomic mass is 35.5. The molecule has 0 amide bonds. The van der Waals surface area contributed by atoms with E-state index in [0.717, 1.165) is 31.2 Å². The van der Waals surface area contributed by atoms with E-state index >= 15 is 0 Å². The lowest BCUT2D eigenvalue weighted by molar-refractivity contribution is -0.109. The van der Waals surface area contributed by atoms with Gasteiger partial charge in [-0.3, -0.25) is 9.13 Å². The number of hydrogen-bond acceptors (Lipinski definition) is 3.